The van der Waals surface area contributed by atoms with Gasteiger partial charge in [-0.1, -0.05) is 20.3 Å². The Balaban J connectivity index is 2.12. The summed E-state index contributed by atoms with van der Waals surface area (Å²) in [5, 5.41) is 16.3. The predicted molar refractivity (Wildman–Crippen MR) is 136 cm³/mol. The monoisotopic (exact) mass is 504 g/mol. The van der Waals surface area contributed by atoms with Crippen LogP contribution in [0.4, 0.5) is 11.4 Å². The van der Waals surface area contributed by atoms with Gasteiger partial charge in [-0.3, -0.25) is 29.5 Å². The molecule has 4 unspecified atom stereocenters. The largest absolute Gasteiger partial charge is 0.370 e. The fourth-order valence-electron chi connectivity index (χ4n) is 3.93. The van der Waals surface area contributed by atoms with Gasteiger partial charge in [0.25, 0.3) is 5.69 Å². The first-order chi connectivity index (χ1) is 17.0. The van der Waals surface area contributed by atoms with Crippen LogP contribution in [0.1, 0.15) is 46.0 Å². The number of nitro benzene ring substituents is 1. The molecule has 2 rings (SSSR count). The lowest BCUT2D eigenvalue weighted by molar-refractivity contribution is -0.384. The Bertz CT molecular complexity index is 964. The number of nitrogens with two attached hydrogens (primary N) is 3. The van der Waals surface area contributed by atoms with E-state index in [9.17, 15) is 24.5 Å². The van der Waals surface area contributed by atoms with Gasteiger partial charge in [0.2, 0.25) is 17.7 Å². The number of aliphatic imine (C=N–C) groups is 1. The van der Waals surface area contributed by atoms with Crippen LogP contribution in [0.25, 0.3) is 0 Å². The minimum atomic E-state index is -0.942. The van der Waals surface area contributed by atoms with Crippen LogP contribution in [-0.2, 0) is 14.4 Å². The van der Waals surface area contributed by atoms with Crippen molar-refractivity contribution in [2.75, 3.05) is 18.4 Å². The summed E-state index contributed by atoms with van der Waals surface area (Å²) in [4.78, 5) is 54.8. The maximum Gasteiger partial charge on any atom is 0.269 e. The lowest BCUT2D eigenvalue weighted by Gasteiger charge is -2.30. The molecule has 0 spiro atoms. The van der Waals surface area contributed by atoms with Gasteiger partial charge < -0.3 is 32.7 Å². The van der Waals surface area contributed by atoms with Crippen LogP contribution in [0.5, 0.6) is 0 Å². The average Bonchev–Trinajstić information content (AvgIpc) is 3.34. The molecule has 1 saturated heterocycles. The zero-order valence-electron chi connectivity index (χ0n) is 20.7. The molecular weight excluding hydrogens is 468 g/mol. The van der Waals surface area contributed by atoms with Crippen molar-refractivity contribution in [2.45, 2.75) is 64.1 Å². The first kappa shape index (κ1) is 28.5. The molecule has 0 radical (unpaired) electrons. The number of amides is 3. The second kappa shape index (κ2) is 13.4. The van der Waals surface area contributed by atoms with E-state index in [2.05, 4.69) is 15.6 Å². The molecule has 0 aromatic heterocycles. The summed E-state index contributed by atoms with van der Waals surface area (Å²) in [6.07, 6.45) is 2.49. The van der Waals surface area contributed by atoms with Gasteiger partial charge in [0.1, 0.15) is 12.1 Å². The highest BCUT2D eigenvalue weighted by Crippen LogP contribution is 2.21. The van der Waals surface area contributed by atoms with Gasteiger partial charge in [0, 0.05) is 30.9 Å². The standard InChI is InChI=1S/C23H36N8O5/c1-3-14(2)19(24)22(34)30-13-5-7-18(30)21(33)29-17(6-4-12-27-23(25)26)20(32)28-15-8-10-16(11-9-15)31(35)36/h8-11,14,17-19H,3-7,12-13,24H2,1-2H3,(H,28,32)(H,29,33)(H4,25,26,27). The Labute approximate surface area is 210 Å². The molecule has 1 aromatic rings. The zero-order chi connectivity index (χ0) is 26.8. The average molecular weight is 505 g/mol. The Kier molecular flexibility index (Phi) is 10.6. The third kappa shape index (κ3) is 7.90. The maximum atomic E-state index is 13.2. The Morgan fingerprint density at radius 3 is 2.50 bits per heavy atom. The van der Waals surface area contributed by atoms with Crippen LogP contribution < -0.4 is 27.8 Å². The number of anilines is 1. The van der Waals surface area contributed by atoms with Crippen molar-refractivity contribution in [3.63, 3.8) is 0 Å². The van der Waals surface area contributed by atoms with Gasteiger partial charge in [-0.15, -0.1) is 0 Å². The summed E-state index contributed by atoms with van der Waals surface area (Å²) in [7, 11) is 0. The van der Waals surface area contributed by atoms with Gasteiger partial charge in [0.05, 0.1) is 11.0 Å². The van der Waals surface area contributed by atoms with Crippen LogP contribution in [-0.4, -0.2) is 64.7 Å². The van der Waals surface area contributed by atoms with Gasteiger partial charge in [0.15, 0.2) is 5.96 Å². The third-order valence-corrected chi connectivity index (χ3v) is 6.30. The van der Waals surface area contributed by atoms with Crippen LogP contribution >= 0.6 is 0 Å². The normalized spacial score (nSPS) is 17.5. The molecule has 1 aromatic carbocycles. The van der Waals surface area contributed by atoms with Crippen molar-refractivity contribution in [1.82, 2.24) is 10.2 Å². The summed E-state index contributed by atoms with van der Waals surface area (Å²) in [5.74, 6) is -1.33. The number of hydrogen-bond donors (Lipinski definition) is 5. The summed E-state index contributed by atoms with van der Waals surface area (Å²) < 4.78 is 0. The van der Waals surface area contributed by atoms with Crippen molar-refractivity contribution in [3.8, 4) is 0 Å². The molecule has 1 heterocycles. The SMILES string of the molecule is CCC(C)C(N)C(=O)N1CCCC1C(=O)NC(CCCN=C(N)N)C(=O)Nc1ccc([N+](=O)[O-])cc1. The lowest BCUT2D eigenvalue weighted by Crippen LogP contribution is -2.55. The van der Waals surface area contributed by atoms with Gasteiger partial charge >= 0.3 is 0 Å². The first-order valence-electron chi connectivity index (χ1n) is 12.0. The van der Waals surface area contributed by atoms with Crippen molar-refractivity contribution < 1.29 is 19.3 Å². The summed E-state index contributed by atoms with van der Waals surface area (Å²) in [6, 6.07) is 2.98. The molecule has 1 fully saturated rings. The smallest absolute Gasteiger partial charge is 0.269 e. The Hall–Kier alpha value is -3.74. The molecular formula is C23H36N8O5. The highest BCUT2D eigenvalue weighted by atomic mass is 16.6. The molecule has 4 atom stereocenters. The zero-order valence-corrected chi connectivity index (χ0v) is 20.7. The van der Waals surface area contributed by atoms with Crippen molar-refractivity contribution in [1.29, 1.82) is 0 Å². The third-order valence-electron chi connectivity index (χ3n) is 6.30. The van der Waals surface area contributed by atoms with E-state index in [1.54, 1.807) is 0 Å². The van der Waals surface area contributed by atoms with Crippen molar-refractivity contribution >= 4 is 35.1 Å². The quantitative estimate of drug-likeness (QED) is 0.0883. The number of benzene rings is 1. The van der Waals surface area contributed by atoms with Crippen molar-refractivity contribution in [3.05, 3.63) is 34.4 Å². The number of nitrogens with one attached hydrogen (secondary N) is 2. The molecule has 198 valence electrons. The number of nitro groups is 1. The van der Waals surface area contributed by atoms with E-state index in [4.69, 9.17) is 17.2 Å². The fraction of sp³-hybridized carbons (Fsp3) is 0.565. The maximum absolute atomic E-state index is 13.2. The minimum Gasteiger partial charge on any atom is -0.370 e. The number of nitrogens with zero attached hydrogens (tertiary/aromatic N) is 3. The van der Waals surface area contributed by atoms with Crippen LogP contribution in [0, 0.1) is 16.0 Å². The molecule has 3 amide bonds. The molecule has 1 aliphatic heterocycles. The first-order valence-corrected chi connectivity index (χ1v) is 12.0. The van der Waals surface area contributed by atoms with Gasteiger partial charge in [-0.25, -0.2) is 0 Å². The van der Waals surface area contributed by atoms with E-state index >= 15 is 0 Å². The summed E-state index contributed by atoms with van der Waals surface area (Å²) in [5.41, 5.74) is 17.0. The van der Waals surface area contributed by atoms with E-state index in [0.29, 0.717) is 31.5 Å². The Morgan fingerprint density at radius 2 is 1.92 bits per heavy atom. The van der Waals surface area contributed by atoms with E-state index in [0.717, 1.165) is 6.42 Å². The lowest BCUT2D eigenvalue weighted by atomic mass is 9.98. The molecule has 0 aliphatic carbocycles. The molecule has 1 aliphatic rings. The highest BCUT2D eigenvalue weighted by molar-refractivity contribution is 5.98. The van der Waals surface area contributed by atoms with Crippen LogP contribution in [0.3, 0.4) is 0 Å². The van der Waals surface area contributed by atoms with E-state index < -0.39 is 34.9 Å². The second-order valence-electron chi connectivity index (χ2n) is 8.90. The van der Waals surface area contributed by atoms with Crippen LogP contribution in [0.15, 0.2) is 29.3 Å². The topological polar surface area (TPSA) is 212 Å². The molecule has 36 heavy (non-hydrogen) atoms. The molecule has 8 N–H and O–H groups in total. The van der Waals surface area contributed by atoms with Crippen molar-refractivity contribution in [2.24, 2.45) is 28.1 Å². The Morgan fingerprint density at radius 1 is 1.25 bits per heavy atom. The number of guanidine groups is 1. The minimum absolute atomic E-state index is 0.0300. The van der Waals surface area contributed by atoms with E-state index in [1.807, 2.05) is 13.8 Å². The number of non-ortho nitro benzene ring substituents is 1. The van der Waals surface area contributed by atoms with Crippen LogP contribution in [0.2, 0.25) is 0 Å². The molecule has 0 bridgehead atoms. The number of likely N-dealkylation sites (tertiary alicyclic amines) is 1. The van der Waals surface area contributed by atoms with Gasteiger partial charge in [-0.2, -0.15) is 0 Å². The molecule has 0 saturated carbocycles. The second-order valence-corrected chi connectivity index (χ2v) is 8.90. The van der Waals surface area contributed by atoms with E-state index in [-0.39, 0.29) is 36.4 Å². The predicted octanol–water partition coefficient (Wildman–Crippen LogP) is 0.436. The summed E-state index contributed by atoms with van der Waals surface area (Å²) >= 11 is 0. The summed E-state index contributed by atoms with van der Waals surface area (Å²) in [6.45, 7) is 4.52. The number of carbonyl (C=O) groups is 3. The van der Waals surface area contributed by atoms with E-state index in [1.165, 1.54) is 29.2 Å². The number of rotatable bonds is 12. The number of carbonyl (C=O) groups excluding carboxylic acids is 3. The number of hydrogen-bond acceptors (Lipinski definition) is 7. The molecule has 13 heteroatoms. The molecule has 13 nitrogen and oxygen atoms in total. The van der Waals surface area contributed by atoms with Gasteiger partial charge in [-0.05, 0) is 43.7 Å². The fourth-order valence-corrected chi connectivity index (χ4v) is 3.93. The highest BCUT2D eigenvalue weighted by Gasteiger charge is 2.38.